The molecular formula is C11H8N2O4S. The van der Waals surface area contributed by atoms with Crippen LogP contribution in [0.3, 0.4) is 0 Å². The summed E-state index contributed by atoms with van der Waals surface area (Å²) in [5.74, 6) is -0.377. The number of aromatic carboxylic acids is 1. The lowest BCUT2D eigenvalue weighted by Gasteiger charge is -2.09. The molecule has 2 heterocycles. The molecule has 0 atom stereocenters. The monoisotopic (exact) mass is 264 g/mol. The molecule has 0 fully saturated rings. The van der Waals surface area contributed by atoms with Gasteiger partial charge in [-0.15, -0.1) is 11.3 Å². The molecule has 0 aliphatic carbocycles. The summed E-state index contributed by atoms with van der Waals surface area (Å²) in [5.41, 5.74) is 0.488. The van der Waals surface area contributed by atoms with Gasteiger partial charge in [-0.05, 0) is 12.1 Å². The third-order valence-corrected chi connectivity index (χ3v) is 3.12. The molecule has 0 bridgehead atoms. The summed E-state index contributed by atoms with van der Waals surface area (Å²) in [6, 6.07) is 3.31. The van der Waals surface area contributed by atoms with Crippen LogP contribution in [0.1, 0.15) is 10.4 Å². The molecule has 7 heteroatoms. The maximum Gasteiger partial charge on any atom is 0.341 e. The van der Waals surface area contributed by atoms with Crippen LogP contribution in [0.4, 0.5) is 10.8 Å². The molecule has 18 heavy (non-hydrogen) atoms. The van der Waals surface area contributed by atoms with Gasteiger partial charge in [0.25, 0.3) is 0 Å². The molecule has 0 unspecified atom stereocenters. The molecule has 3 rings (SSSR count). The minimum absolute atomic E-state index is 0.0380. The van der Waals surface area contributed by atoms with Gasteiger partial charge in [-0.2, -0.15) is 0 Å². The van der Waals surface area contributed by atoms with Gasteiger partial charge in [-0.25, -0.2) is 9.78 Å². The van der Waals surface area contributed by atoms with Crippen LogP contribution in [-0.2, 0) is 0 Å². The zero-order valence-electron chi connectivity index (χ0n) is 9.04. The van der Waals surface area contributed by atoms with Crippen molar-refractivity contribution < 1.29 is 19.4 Å². The van der Waals surface area contributed by atoms with Crippen molar-refractivity contribution in [2.45, 2.75) is 0 Å². The van der Waals surface area contributed by atoms with Crippen molar-refractivity contribution in [3.63, 3.8) is 0 Å². The molecule has 0 saturated carbocycles. The van der Waals surface area contributed by atoms with Crippen molar-refractivity contribution >= 4 is 28.1 Å². The standard InChI is InChI=1S/C11H8N2O4S/c14-10(15)8-6(13-11-12-3-4-18-11)1-2-7-9(8)17-5-16-7/h1-4H,5H2,(H,12,13)(H,14,15). The quantitative estimate of drug-likeness (QED) is 0.885. The van der Waals surface area contributed by atoms with Gasteiger partial charge in [-0.3, -0.25) is 0 Å². The van der Waals surface area contributed by atoms with Crippen LogP contribution >= 0.6 is 11.3 Å². The summed E-state index contributed by atoms with van der Waals surface area (Å²) in [7, 11) is 0. The number of nitrogens with zero attached hydrogens (tertiary/aromatic N) is 1. The molecule has 6 nitrogen and oxygen atoms in total. The molecule has 92 valence electrons. The Balaban J connectivity index is 2.06. The van der Waals surface area contributed by atoms with E-state index < -0.39 is 5.97 Å². The molecule has 1 aromatic heterocycles. The second kappa shape index (κ2) is 4.19. The second-order valence-electron chi connectivity index (χ2n) is 3.49. The van der Waals surface area contributed by atoms with E-state index in [-0.39, 0.29) is 18.1 Å². The second-order valence-corrected chi connectivity index (χ2v) is 4.38. The summed E-state index contributed by atoms with van der Waals surface area (Å²) in [6.45, 7) is 0.0380. The van der Waals surface area contributed by atoms with Crippen molar-refractivity contribution in [2.24, 2.45) is 0 Å². The molecule has 0 radical (unpaired) electrons. The number of anilines is 2. The Morgan fingerprint density at radius 2 is 2.33 bits per heavy atom. The first-order valence-electron chi connectivity index (χ1n) is 5.08. The minimum Gasteiger partial charge on any atom is -0.477 e. The van der Waals surface area contributed by atoms with E-state index >= 15 is 0 Å². The molecule has 1 aliphatic rings. The van der Waals surface area contributed by atoms with Gasteiger partial charge in [0.2, 0.25) is 6.79 Å². The summed E-state index contributed by atoms with van der Waals surface area (Å²) < 4.78 is 10.3. The van der Waals surface area contributed by atoms with E-state index in [1.165, 1.54) is 11.3 Å². The van der Waals surface area contributed by atoms with E-state index in [0.29, 0.717) is 16.6 Å². The smallest absolute Gasteiger partial charge is 0.341 e. The number of thiazole rings is 1. The Hall–Kier alpha value is -2.28. The Labute approximate surface area is 106 Å². The van der Waals surface area contributed by atoms with Gasteiger partial charge in [0.1, 0.15) is 5.56 Å². The molecule has 0 spiro atoms. The first-order chi connectivity index (χ1) is 8.75. The number of carboxylic acid groups (broad SMARTS) is 1. The number of hydrogen-bond acceptors (Lipinski definition) is 6. The maximum absolute atomic E-state index is 11.3. The number of hydrogen-bond donors (Lipinski definition) is 2. The molecule has 0 amide bonds. The number of rotatable bonds is 3. The highest BCUT2D eigenvalue weighted by Gasteiger charge is 2.25. The lowest BCUT2D eigenvalue weighted by Crippen LogP contribution is -2.04. The summed E-state index contributed by atoms with van der Waals surface area (Å²) in [5, 5.41) is 14.6. The SMILES string of the molecule is O=C(O)c1c(Nc2nccs2)ccc2c1OCO2. The van der Waals surface area contributed by atoms with Crippen molar-refractivity contribution in [3.8, 4) is 11.5 Å². The van der Waals surface area contributed by atoms with Gasteiger partial charge in [0.05, 0.1) is 5.69 Å². The molecule has 2 aromatic rings. The normalized spacial score (nSPS) is 12.4. The van der Waals surface area contributed by atoms with Crippen LogP contribution < -0.4 is 14.8 Å². The largest absolute Gasteiger partial charge is 0.477 e. The average Bonchev–Trinajstić information content (AvgIpc) is 2.98. The highest BCUT2D eigenvalue weighted by molar-refractivity contribution is 7.13. The molecule has 0 saturated heterocycles. The van der Waals surface area contributed by atoms with E-state index in [0.717, 1.165) is 0 Å². The molecule has 1 aromatic carbocycles. The third-order valence-electron chi connectivity index (χ3n) is 2.43. The Kier molecular flexibility index (Phi) is 2.52. The number of benzene rings is 1. The first-order valence-corrected chi connectivity index (χ1v) is 5.96. The van der Waals surface area contributed by atoms with E-state index in [9.17, 15) is 9.90 Å². The van der Waals surface area contributed by atoms with Crippen LogP contribution in [0.25, 0.3) is 0 Å². The van der Waals surface area contributed by atoms with Crippen molar-refractivity contribution in [2.75, 3.05) is 12.1 Å². The Bertz CT molecular complexity index is 597. The zero-order valence-corrected chi connectivity index (χ0v) is 9.86. The third kappa shape index (κ3) is 1.74. The summed E-state index contributed by atoms with van der Waals surface area (Å²) >= 11 is 1.38. The van der Waals surface area contributed by atoms with Crippen LogP contribution in [0.5, 0.6) is 11.5 Å². The number of carboxylic acids is 1. The highest BCUT2D eigenvalue weighted by Crippen LogP contribution is 2.40. The van der Waals surface area contributed by atoms with Crippen molar-refractivity contribution in [1.29, 1.82) is 0 Å². The summed E-state index contributed by atoms with van der Waals surface area (Å²) in [4.78, 5) is 15.4. The fourth-order valence-electron chi connectivity index (χ4n) is 1.69. The Morgan fingerprint density at radius 3 is 3.06 bits per heavy atom. The first kappa shape index (κ1) is 10.8. The Morgan fingerprint density at radius 1 is 1.44 bits per heavy atom. The van der Waals surface area contributed by atoms with Crippen LogP contribution in [-0.4, -0.2) is 22.9 Å². The van der Waals surface area contributed by atoms with Gasteiger partial charge in [0, 0.05) is 11.6 Å². The lowest BCUT2D eigenvalue weighted by atomic mass is 10.1. The molecular weight excluding hydrogens is 256 g/mol. The summed E-state index contributed by atoms with van der Waals surface area (Å²) in [6.07, 6.45) is 1.64. The van der Waals surface area contributed by atoms with Gasteiger partial charge in [0.15, 0.2) is 16.6 Å². The van der Waals surface area contributed by atoms with E-state index in [4.69, 9.17) is 9.47 Å². The van der Waals surface area contributed by atoms with E-state index in [1.54, 1.807) is 23.7 Å². The van der Waals surface area contributed by atoms with Gasteiger partial charge >= 0.3 is 5.97 Å². The maximum atomic E-state index is 11.3. The predicted octanol–water partition coefficient (Wildman–Crippen LogP) is 2.31. The number of ether oxygens (including phenoxy) is 2. The van der Waals surface area contributed by atoms with Crippen LogP contribution in [0.15, 0.2) is 23.7 Å². The fourth-order valence-corrected chi connectivity index (χ4v) is 2.23. The number of nitrogens with one attached hydrogen (secondary N) is 1. The van der Waals surface area contributed by atoms with E-state index in [1.807, 2.05) is 0 Å². The van der Waals surface area contributed by atoms with Gasteiger partial charge in [-0.1, -0.05) is 0 Å². The topological polar surface area (TPSA) is 80.7 Å². The molecule has 1 aliphatic heterocycles. The van der Waals surface area contributed by atoms with E-state index in [2.05, 4.69) is 10.3 Å². The molecule has 2 N–H and O–H groups in total. The number of fused-ring (bicyclic) bond motifs is 1. The average molecular weight is 264 g/mol. The van der Waals surface area contributed by atoms with Crippen molar-refractivity contribution in [3.05, 3.63) is 29.3 Å². The number of aromatic nitrogens is 1. The van der Waals surface area contributed by atoms with Gasteiger partial charge < -0.3 is 19.9 Å². The highest BCUT2D eigenvalue weighted by atomic mass is 32.1. The minimum atomic E-state index is -1.07. The van der Waals surface area contributed by atoms with Crippen molar-refractivity contribution in [1.82, 2.24) is 4.98 Å². The predicted molar refractivity (Wildman–Crippen MR) is 64.9 cm³/mol. The zero-order chi connectivity index (χ0) is 12.5. The van der Waals surface area contributed by atoms with Crippen LogP contribution in [0, 0.1) is 0 Å². The van der Waals surface area contributed by atoms with Crippen LogP contribution in [0.2, 0.25) is 0 Å². The lowest BCUT2D eigenvalue weighted by molar-refractivity contribution is 0.0693. The fraction of sp³-hybridized carbons (Fsp3) is 0.0909. The number of carbonyl (C=O) groups is 1.